The van der Waals surface area contributed by atoms with Crippen LogP contribution in [0.1, 0.15) is 20.8 Å². The molecule has 0 bridgehead atoms. The Morgan fingerprint density at radius 2 is 1.30 bits per heavy atom. The van der Waals surface area contributed by atoms with Crippen molar-refractivity contribution in [3.05, 3.63) is 78.9 Å². The first-order valence-electron chi connectivity index (χ1n) is 12.9. The zero-order chi connectivity index (χ0) is 28.6. The van der Waals surface area contributed by atoms with Crippen LogP contribution in [0.25, 0.3) is 34.2 Å². The predicted molar refractivity (Wildman–Crippen MR) is 151 cm³/mol. The van der Waals surface area contributed by atoms with Crippen molar-refractivity contribution in [2.24, 2.45) is 0 Å². The fraction of sp³-hybridized carbons (Fsp3) is 0.226. The monoisotopic (exact) mass is 541 g/mol. The number of Topliss-reactive ketones (excluding diaryl/α,β-unsaturated/α-hetero) is 1. The molecule has 0 amide bonds. The van der Waals surface area contributed by atoms with Gasteiger partial charge in [0, 0.05) is 6.07 Å². The number of aliphatic hydroxyl groups is 1. The van der Waals surface area contributed by atoms with E-state index in [4.69, 9.17) is 19.2 Å². The number of nitrogens with zero attached hydrogens (tertiary/aromatic N) is 3. The molecule has 0 aliphatic rings. The zero-order valence-corrected chi connectivity index (χ0v) is 22.6. The van der Waals surface area contributed by atoms with Crippen LogP contribution in [0.2, 0.25) is 0 Å². The first-order chi connectivity index (χ1) is 19.3. The largest absolute Gasteiger partial charge is 0.507 e. The fourth-order valence-electron chi connectivity index (χ4n) is 3.93. The first-order valence-corrected chi connectivity index (χ1v) is 12.9. The number of aromatic nitrogens is 3. The third kappa shape index (κ3) is 6.44. The summed E-state index contributed by atoms with van der Waals surface area (Å²) in [6.07, 6.45) is -1.36. The standard InChI is InChI=1S/C31H31N3O6/c1-5-38-26-13-9-7-11-22(26)30-32-29(33-31(34-30)23-12-8-10-14-27(23)39-6-2)21-16-15-20(17-24(21)35)40-18-25(36)28(37)19(3)4/h7-17,25,35-36H,3,5-6,18H2,1-2,4H3. The average molecular weight is 542 g/mol. The molecule has 3 aromatic carbocycles. The lowest BCUT2D eigenvalue weighted by Crippen LogP contribution is -2.27. The van der Waals surface area contributed by atoms with Crippen LogP contribution < -0.4 is 14.2 Å². The SMILES string of the molecule is C=C(C)C(=O)C(O)COc1ccc(-c2nc(-c3ccccc3OCC)nc(-c3ccccc3OCC)n2)c(O)c1. The zero-order valence-electron chi connectivity index (χ0n) is 22.6. The van der Waals surface area contributed by atoms with Crippen LogP contribution in [0.4, 0.5) is 0 Å². The molecule has 1 heterocycles. The van der Waals surface area contributed by atoms with Crippen molar-refractivity contribution in [2.45, 2.75) is 26.9 Å². The number of carbonyl (C=O) groups is 1. The number of benzene rings is 3. The third-order valence-electron chi connectivity index (χ3n) is 5.83. The van der Waals surface area contributed by atoms with Gasteiger partial charge in [0.1, 0.15) is 29.6 Å². The van der Waals surface area contributed by atoms with E-state index in [2.05, 4.69) is 16.5 Å². The highest BCUT2D eigenvalue weighted by Gasteiger charge is 2.20. The van der Waals surface area contributed by atoms with Crippen molar-refractivity contribution in [1.82, 2.24) is 15.0 Å². The van der Waals surface area contributed by atoms with Crippen LogP contribution in [0, 0.1) is 0 Å². The number of aliphatic hydroxyl groups excluding tert-OH is 1. The highest BCUT2D eigenvalue weighted by Crippen LogP contribution is 2.36. The van der Waals surface area contributed by atoms with Crippen molar-refractivity contribution in [3.63, 3.8) is 0 Å². The maximum atomic E-state index is 11.9. The van der Waals surface area contributed by atoms with Gasteiger partial charge in [-0.15, -0.1) is 0 Å². The maximum Gasteiger partial charge on any atom is 0.189 e. The Morgan fingerprint density at radius 1 is 0.800 bits per heavy atom. The van der Waals surface area contributed by atoms with E-state index in [0.29, 0.717) is 53.1 Å². The molecule has 0 saturated carbocycles. The summed E-state index contributed by atoms with van der Waals surface area (Å²) in [5.74, 6) is 1.76. The van der Waals surface area contributed by atoms with Crippen LogP contribution in [0.3, 0.4) is 0 Å². The topological polar surface area (TPSA) is 124 Å². The Kier molecular flexibility index (Phi) is 9.08. The number of ketones is 1. The molecule has 0 radical (unpaired) electrons. The lowest BCUT2D eigenvalue weighted by atomic mass is 10.1. The van der Waals surface area contributed by atoms with Crippen molar-refractivity contribution in [3.8, 4) is 57.2 Å². The molecule has 1 unspecified atom stereocenters. The van der Waals surface area contributed by atoms with Gasteiger partial charge in [0.05, 0.1) is 29.9 Å². The van der Waals surface area contributed by atoms with E-state index in [1.807, 2.05) is 62.4 Å². The van der Waals surface area contributed by atoms with Crippen LogP contribution >= 0.6 is 0 Å². The minimum atomic E-state index is -1.36. The average Bonchev–Trinajstić information content (AvgIpc) is 2.96. The molecule has 0 saturated heterocycles. The highest BCUT2D eigenvalue weighted by molar-refractivity contribution is 5.97. The molecule has 40 heavy (non-hydrogen) atoms. The normalized spacial score (nSPS) is 11.5. The molecule has 0 aliphatic carbocycles. The van der Waals surface area contributed by atoms with Gasteiger partial charge in [-0.25, -0.2) is 15.0 Å². The third-order valence-corrected chi connectivity index (χ3v) is 5.83. The van der Waals surface area contributed by atoms with E-state index < -0.39 is 11.9 Å². The maximum absolute atomic E-state index is 11.9. The van der Waals surface area contributed by atoms with Crippen LogP contribution in [0.15, 0.2) is 78.9 Å². The van der Waals surface area contributed by atoms with E-state index in [-0.39, 0.29) is 29.5 Å². The second kappa shape index (κ2) is 12.9. The molecule has 0 aliphatic heterocycles. The highest BCUT2D eigenvalue weighted by atomic mass is 16.5. The van der Waals surface area contributed by atoms with Gasteiger partial charge in [-0.05, 0) is 62.7 Å². The summed E-state index contributed by atoms with van der Waals surface area (Å²) in [5.41, 5.74) is 1.89. The molecule has 0 fully saturated rings. The Balaban J connectivity index is 1.78. The van der Waals surface area contributed by atoms with Crippen LogP contribution in [-0.2, 0) is 4.79 Å². The van der Waals surface area contributed by atoms with Gasteiger partial charge in [0.25, 0.3) is 0 Å². The minimum Gasteiger partial charge on any atom is -0.507 e. The van der Waals surface area contributed by atoms with Crippen molar-refractivity contribution in [1.29, 1.82) is 0 Å². The van der Waals surface area contributed by atoms with Crippen LogP contribution in [0.5, 0.6) is 23.0 Å². The van der Waals surface area contributed by atoms with Gasteiger partial charge < -0.3 is 24.4 Å². The molecule has 4 rings (SSSR count). The molecule has 2 N–H and O–H groups in total. The summed E-state index contributed by atoms with van der Waals surface area (Å²) >= 11 is 0. The number of carbonyl (C=O) groups excluding carboxylic acids is 1. The number of phenolic OH excluding ortho intramolecular Hbond substituents is 1. The fourth-order valence-corrected chi connectivity index (χ4v) is 3.93. The Bertz CT molecular complexity index is 1450. The molecular formula is C31H31N3O6. The molecule has 206 valence electrons. The van der Waals surface area contributed by atoms with E-state index in [1.165, 1.54) is 13.0 Å². The van der Waals surface area contributed by atoms with E-state index in [0.717, 1.165) is 0 Å². The van der Waals surface area contributed by atoms with Crippen molar-refractivity contribution < 1.29 is 29.2 Å². The summed E-state index contributed by atoms with van der Waals surface area (Å²) in [5, 5.41) is 20.9. The summed E-state index contributed by atoms with van der Waals surface area (Å²) in [6, 6.07) is 19.4. The Morgan fingerprint density at radius 3 is 1.77 bits per heavy atom. The lowest BCUT2D eigenvalue weighted by molar-refractivity contribution is -0.124. The smallest absolute Gasteiger partial charge is 0.189 e. The molecule has 4 aromatic rings. The predicted octanol–water partition coefficient (Wildman–Crippen LogP) is 5.26. The van der Waals surface area contributed by atoms with E-state index >= 15 is 0 Å². The molecule has 0 spiro atoms. The van der Waals surface area contributed by atoms with E-state index in [9.17, 15) is 15.0 Å². The Hall–Kier alpha value is -4.76. The summed E-state index contributed by atoms with van der Waals surface area (Å²) in [6.45, 7) is 9.49. The minimum absolute atomic E-state index is 0.155. The Labute approximate surface area is 232 Å². The number of phenols is 1. The quantitative estimate of drug-likeness (QED) is 0.231. The van der Waals surface area contributed by atoms with Crippen molar-refractivity contribution >= 4 is 5.78 Å². The number of aromatic hydroxyl groups is 1. The number of rotatable bonds is 12. The number of para-hydroxylation sites is 2. The van der Waals surface area contributed by atoms with Gasteiger partial charge in [-0.1, -0.05) is 30.8 Å². The molecule has 9 nitrogen and oxygen atoms in total. The number of hydrogen-bond acceptors (Lipinski definition) is 9. The van der Waals surface area contributed by atoms with Gasteiger partial charge in [-0.2, -0.15) is 0 Å². The second-order valence-electron chi connectivity index (χ2n) is 8.81. The second-order valence-corrected chi connectivity index (χ2v) is 8.81. The first kappa shape index (κ1) is 28.3. The van der Waals surface area contributed by atoms with Gasteiger partial charge in [-0.3, -0.25) is 4.79 Å². The number of hydrogen-bond donors (Lipinski definition) is 2. The molecule has 1 aromatic heterocycles. The number of ether oxygens (including phenoxy) is 3. The van der Waals surface area contributed by atoms with E-state index in [1.54, 1.807) is 12.1 Å². The molecular weight excluding hydrogens is 510 g/mol. The van der Waals surface area contributed by atoms with Gasteiger partial charge in [0.2, 0.25) is 0 Å². The van der Waals surface area contributed by atoms with Gasteiger partial charge >= 0.3 is 0 Å². The van der Waals surface area contributed by atoms with Crippen LogP contribution in [-0.4, -0.2) is 56.9 Å². The summed E-state index contributed by atoms with van der Waals surface area (Å²) < 4.78 is 17.2. The van der Waals surface area contributed by atoms with Crippen molar-refractivity contribution in [2.75, 3.05) is 19.8 Å². The summed E-state index contributed by atoms with van der Waals surface area (Å²) in [4.78, 5) is 26.0. The van der Waals surface area contributed by atoms with Gasteiger partial charge in [0.15, 0.2) is 29.4 Å². The lowest BCUT2D eigenvalue weighted by Gasteiger charge is -2.14. The summed E-state index contributed by atoms with van der Waals surface area (Å²) in [7, 11) is 0. The molecule has 1 atom stereocenters. The molecule has 9 heteroatoms.